The van der Waals surface area contributed by atoms with E-state index in [1.165, 1.54) is 19.8 Å². The Balaban J connectivity index is 2.24. The molecule has 0 fully saturated rings. The summed E-state index contributed by atoms with van der Waals surface area (Å²) in [6, 6.07) is 16.8. The second-order valence-corrected chi connectivity index (χ2v) is 8.79. The molecule has 0 spiro atoms. The molecule has 2 aromatic rings. The van der Waals surface area contributed by atoms with Crippen molar-refractivity contribution in [3.63, 3.8) is 0 Å². The van der Waals surface area contributed by atoms with Crippen LogP contribution in [0, 0.1) is 0 Å². The van der Waals surface area contributed by atoms with Crippen LogP contribution in [0.1, 0.15) is 41.3 Å². The summed E-state index contributed by atoms with van der Waals surface area (Å²) in [5, 5.41) is 2.81. The summed E-state index contributed by atoms with van der Waals surface area (Å²) in [7, 11) is -0.840. The summed E-state index contributed by atoms with van der Waals surface area (Å²) in [6.07, 6.45) is 0.343. The van der Waals surface area contributed by atoms with Gasteiger partial charge < -0.3 is 14.4 Å². The fourth-order valence-electron chi connectivity index (χ4n) is 2.66. The molecule has 140 valence electrons. The number of carbonyl (C=O) groups is 1. The fraction of sp³-hybridized carbons (Fsp3) is 0.350. The van der Waals surface area contributed by atoms with Crippen molar-refractivity contribution in [1.82, 2.24) is 5.32 Å². The van der Waals surface area contributed by atoms with Gasteiger partial charge in [0.15, 0.2) is 0 Å². The SMILES string of the molecule is COP(=O)(OC)C(Cc1ccc(C(C)C)cc1)NC(=O)c1ccccc1. The smallest absolute Gasteiger partial charge is 0.338 e. The van der Waals surface area contributed by atoms with Crippen LogP contribution in [0.5, 0.6) is 0 Å². The number of nitrogens with one attached hydrogen (secondary N) is 1. The normalized spacial score (nSPS) is 12.8. The molecule has 0 saturated heterocycles. The third-order valence-corrected chi connectivity index (χ3v) is 6.39. The van der Waals surface area contributed by atoms with E-state index in [9.17, 15) is 9.36 Å². The van der Waals surface area contributed by atoms with Crippen molar-refractivity contribution in [2.45, 2.75) is 32.0 Å². The number of hydrogen-bond donors (Lipinski definition) is 1. The second-order valence-electron chi connectivity index (χ2n) is 6.36. The number of hydrogen-bond acceptors (Lipinski definition) is 4. The zero-order valence-corrected chi connectivity index (χ0v) is 16.5. The van der Waals surface area contributed by atoms with E-state index in [0.717, 1.165) is 5.56 Å². The van der Waals surface area contributed by atoms with Crippen LogP contribution in [0.4, 0.5) is 0 Å². The van der Waals surface area contributed by atoms with Crippen LogP contribution in [-0.4, -0.2) is 25.9 Å². The topological polar surface area (TPSA) is 64.6 Å². The van der Waals surface area contributed by atoms with Gasteiger partial charge in [-0.25, -0.2) is 0 Å². The molecule has 2 rings (SSSR count). The van der Waals surface area contributed by atoms with Gasteiger partial charge in [-0.15, -0.1) is 0 Å². The Kier molecular flexibility index (Phi) is 7.15. The van der Waals surface area contributed by atoms with E-state index in [4.69, 9.17) is 9.05 Å². The molecule has 0 aromatic heterocycles. The number of benzene rings is 2. The Hall–Kier alpha value is -1.94. The minimum atomic E-state index is -3.49. The van der Waals surface area contributed by atoms with Crippen LogP contribution in [0.15, 0.2) is 54.6 Å². The second kappa shape index (κ2) is 9.13. The molecule has 1 atom stereocenters. The van der Waals surface area contributed by atoms with Crippen LogP contribution < -0.4 is 5.32 Å². The van der Waals surface area contributed by atoms with Crippen LogP contribution in [0.25, 0.3) is 0 Å². The van der Waals surface area contributed by atoms with E-state index in [2.05, 4.69) is 19.2 Å². The lowest BCUT2D eigenvalue weighted by molar-refractivity contribution is 0.0941. The van der Waals surface area contributed by atoms with Crippen molar-refractivity contribution < 1.29 is 18.4 Å². The first kappa shape index (κ1) is 20.4. The maximum atomic E-state index is 12.9. The molecule has 1 unspecified atom stereocenters. The van der Waals surface area contributed by atoms with E-state index in [-0.39, 0.29) is 5.91 Å². The maximum absolute atomic E-state index is 12.9. The summed E-state index contributed by atoms with van der Waals surface area (Å²) in [5.74, 6) is -0.666. The maximum Gasteiger partial charge on any atom is 0.352 e. The van der Waals surface area contributed by atoms with Crippen LogP contribution in [0.2, 0.25) is 0 Å². The van der Waals surface area contributed by atoms with Gasteiger partial charge in [-0.1, -0.05) is 56.3 Å². The van der Waals surface area contributed by atoms with Crippen molar-refractivity contribution in [3.05, 3.63) is 71.3 Å². The molecule has 0 bridgehead atoms. The van der Waals surface area contributed by atoms with Gasteiger partial charge in [-0.2, -0.15) is 0 Å². The zero-order valence-electron chi connectivity index (χ0n) is 15.6. The highest BCUT2D eigenvalue weighted by molar-refractivity contribution is 7.54. The Labute approximate surface area is 155 Å². The van der Waals surface area contributed by atoms with Gasteiger partial charge in [0.25, 0.3) is 5.91 Å². The van der Waals surface area contributed by atoms with Gasteiger partial charge in [-0.3, -0.25) is 9.36 Å². The Morgan fingerprint density at radius 2 is 1.58 bits per heavy atom. The number of rotatable bonds is 8. The summed E-state index contributed by atoms with van der Waals surface area (Å²) < 4.78 is 23.2. The zero-order chi connectivity index (χ0) is 19.2. The molecular weight excluding hydrogens is 349 g/mol. The molecule has 26 heavy (non-hydrogen) atoms. The molecule has 0 heterocycles. The van der Waals surface area contributed by atoms with E-state index in [0.29, 0.717) is 17.9 Å². The molecule has 0 aliphatic carbocycles. The summed E-state index contributed by atoms with van der Waals surface area (Å²) in [5.41, 5.74) is 2.66. The summed E-state index contributed by atoms with van der Waals surface area (Å²) in [4.78, 5) is 12.5. The third kappa shape index (κ3) is 5.04. The van der Waals surface area contributed by atoms with E-state index >= 15 is 0 Å². The molecule has 0 aliphatic rings. The first-order valence-corrected chi connectivity index (χ1v) is 10.2. The molecule has 0 saturated carbocycles. The van der Waals surface area contributed by atoms with E-state index < -0.39 is 13.4 Å². The van der Waals surface area contributed by atoms with Crippen molar-refractivity contribution >= 4 is 13.5 Å². The fourth-order valence-corrected chi connectivity index (χ4v) is 4.02. The predicted molar refractivity (Wildman–Crippen MR) is 104 cm³/mol. The average Bonchev–Trinajstić information content (AvgIpc) is 2.67. The average molecular weight is 375 g/mol. The largest absolute Gasteiger partial charge is 0.352 e. The molecule has 0 aliphatic heterocycles. The summed E-state index contributed by atoms with van der Waals surface area (Å²) in [6.45, 7) is 4.25. The molecule has 6 heteroatoms. The lowest BCUT2D eigenvalue weighted by Crippen LogP contribution is -2.37. The highest BCUT2D eigenvalue weighted by Gasteiger charge is 2.35. The Bertz CT molecular complexity index is 751. The molecule has 5 nitrogen and oxygen atoms in total. The number of amides is 1. The standard InChI is InChI=1S/C20H26NO4P/c1-15(2)17-12-10-16(11-13-17)14-19(26(23,24-3)25-4)21-20(22)18-8-6-5-7-9-18/h5-13,15,19H,14H2,1-4H3,(H,21,22). The van der Waals surface area contributed by atoms with Gasteiger partial charge >= 0.3 is 7.60 Å². The van der Waals surface area contributed by atoms with E-state index in [1.54, 1.807) is 24.3 Å². The minimum Gasteiger partial charge on any atom is -0.338 e. The Morgan fingerprint density at radius 3 is 2.08 bits per heavy atom. The van der Waals surface area contributed by atoms with Gasteiger partial charge in [0.1, 0.15) is 5.78 Å². The highest BCUT2D eigenvalue weighted by Crippen LogP contribution is 2.51. The molecule has 1 amide bonds. The highest BCUT2D eigenvalue weighted by atomic mass is 31.2. The van der Waals surface area contributed by atoms with Gasteiger partial charge in [0.2, 0.25) is 0 Å². The molecule has 0 radical (unpaired) electrons. The monoisotopic (exact) mass is 375 g/mol. The lowest BCUT2D eigenvalue weighted by Gasteiger charge is -2.25. The third-order valence-electron chi connectivity index (χ3n) is 4.30. The van der Waals surface area contributed by atoms with Crippen molar-refractivity contribution in [3.8, 4) is 0 Å². The first-order valence-electron chi connectivity index (χ1n) is 8.55. The van der Waals surface area contributed by atoms with E-state index in [1.807, 2.05) is 30.3 Å². The van der Waals surface area contributed by atoms with Crippen molar-refractivity contribution in [1.29, 1.82) is 0 Å². The van der Waals surface area contributed by atoms with Gasteiger partial charge in [0.05, 0.1) is 0 Å². The molecule has 1 N–H and O–H groups in total. The quantitative estimate of drug-likeness (QED) is 0.685. The van der Waals surface area contributed by atoms with Crippen LogP contribution in [0.3, 0.4) is 0 Å². The Morgan fingerprint density at radius 1 is 1.00 bits per heavy atom. The summed E-state index contributed by atoms with van der Waals surface area (Å²) >= 11 is 0. The molecular formula is C20H26NO4P. The lowest BCUT2D eigenvalue weighted by atomic mass is 10.0. The van der Waals surface area contributed by atoms with Crippen molar-refractivity contribution in [2.24, 2.45) is 0 Å². The minimum absolute atomic E-state index is 0.316. The van der Waals surface area contributed by atoms with Crippen molar-refractivity contribution in [2.75, 3.05) is 14.2 Å². The van der Waals surface area contributed by atoms with Gasteiger partial charge in [0, 0.05) is 26.2 Å². The molecule has 2 aromatic carbocycles. The van der Waals surface area contributed by atoms with Crippen LogP contribution in [-0.2, 0) is 20.0 Å². The van der Waals surface area contributed by atoms with Crippen LogP contribution >= 0.6 is 7.60 Å². The number of carbonyl (C=O) groups excluding carboxylic acids is 1. The predicted octanol–water partition coefficient (Wildman–Crippen LogP) is 4.59. The first-order chi connectivity index (χ1) is 12.4. The van der Waals surface area contributed by atoms with Gasteiger partial charge in [-0.05, 0) is 29.2 Å².